The maximum Gasteiger partial charge on any atom is 0.306 e. The summed E-state index contributed by atoms with van der Waals surface area (Å²) in [5.41, 5.74) is 0. The molecule has 2 atom stereocenters. The minimum Gasteiger partial charge on any atom is -0.469 e. The van der Waals surface area contributed by atoms with Gasteiger partial charge in [-0.15, -0.1) is 0 Å². The van der Waals surface area contributed by atoms with Gasteiger partial charge in [0.05, 0.1) is 13.5 Å². The summed E-state index contributed by atoms with van der Waals surface area (Å²) < 4.78 is 4.69. The molecule has 0 aromatic carbocycles. The molecule has 0 spiro atoms. The van der Waals surface area contributed by atoms with Crippen molar-refractivity contribution in [3.05, 3.63) is 0 Å². The molecule has 0 bridgehead atoms. The minimum absolute atomic E-state index is 0.113. The molecule has 17 heavy (non-hydrogen) atoms. The molecule has 1 fully saturated rings. The molecule has 100 valence electrons. The molecule has 4 nitrogen and oxygen atoms in total. The maximum absolute atomic E-state index is 11.2. The summed E-state index contributed by atoms with van der Waals surface area (Å²) in [4.78, 5) is 13.5. The van der Waals surface area contributed by atoms with Crippen molar-refractivity contribution >= 4 is 5.97 Å². The van der Waals surface area contributed by atoms with E-state index in [9.17, 15) is 4.79 Å². The zero-order valence-electron chi connectivity index (χ0n) is 11.5. The summed E-state index contributed by atoms with van der Waals surface area (Å²) in [6.07, 6.45) is 1.74. The number of hydrogen-bond donors (Lipinski definition) is 1. The number of likely N-dealkylation sites (N-methyl/N-ethyl adjacent to an activating group) is 1. The Morgan fingerprint density at radius 3 is 2.71 bits per heavy atom. The summed E-state index contributed by atoms with van der Waals surface area (Å²) in [6, 6.07) is 0.550. The van der Waals surface area contributed by atoms with Crippen molar-refractivity contribution in [2.45, 2.75) is 32.7 Å². The molecule has 4 heteroatoms. The highest BCUT2D eigenvalue weighted by Gasteiger charge is 2.28. The highest BCUT2D eigenvalue weighted by atomic mass is 16.5. The summed E-state index contributed by atoms with van der Waals surface area (Å²) in [5, 5.41) is 3.36. The third-order valence-corrected chi connectivity index (χ3v) is 3.77. The van der Waals surface area contributed by atoms with E-state index in [1.807, 2.05) is 7.05 Å². The number of hydrogen-bond acceptors (Lipinski definition) is 4. The monoisotopic (exact) mass is 242 g/mol. The molecule has 0 saturated carbocycles. The van der Waals surface area contributed by atoms with E-state index in [0.29, 0.717) is 18.4 Å². The molecule has 0 aromatic heterocycles. The fourth-order valence-corrected chi connectivity index (χ4v) is 2.46. The second-order valence-electron chi connectivity index (χ2n) is 5.31. The molecule has 1 aliphatic rings. The Labute approximate surface area is 105 Å². The van der Waals surface area contributed by atoms with Crippen LogP contribution in [0, 0.1) is 11.8 Å². The summed E-state index contributed by atoms with van der Waals surface area (Å²) in [5.74, 6) is 1.31. The van der Waals surface area contributed by atoms with Gasteiger partial charge in [-0.2, -0.15) is 0 Å². The predicted molar refractivity (Wildman–Crippen MR) is 68.9 cm³/mol. The second kappa shape index (κ2) is 6.97. The fraction of sp³-hybridized carbons (Fsp3) is 0.923. The summed E-state index contributed by atoms with van der Waals surface area (Å²) >= 11 is 0. The van der Waals surface area contributed by atoms with Crippen molar-refractivity contribution < 1.29 is 9.53 Å². The van der Waals surface area contributed by atoms with Crippen molar-refractivity contribution in [2.75, 3.05) is 33.8 Å². The van der Waals surface area contributed by atoms with Crippen molar-refractivity contribution in [2.24, 2.45) is 11.8 Å². The third-order valence-electron chi connectivity index (χ3n) is 3.77. The van der Waals surface area contributed by atoms with Crippen molar-refractivity contribution in [1.29, 1.82) is 0 Å². The van der Waals surface area contributed by atoms with Crippen LogP contribution in [0.15, 0.2) is 0 Å². The first kappa shape index (κ1) is 14.5. The average molecular weight is 242 g/mol. The number of likely N-dealkylation sites (tertiary alicyclic amines) is 1. The Morgan fingerprint density at radius 2 is 2.18 bits per heavy atom. The van der Waals surface area contributed by atoms with Crippen LogP contribution in [0.4, 0.5) is 0 Å². The number of rotatable bonds is 5. The van der Waals surface area contributed by atoms with Gasteiger partial charge < -0.3 is 15.0 Å². The highest BCUT2D eigenvalue weighted by Crippen LogP contribution is 2.23. The van der Waals surface area contributed by atoms with E-state index < -0.39 is 0 Å². The van der Waals surface area contributed by atoms with E-state index in [1.54, 1.807) is 0 Å². The van der Waals surface area contributed by atoms with Crippen LogP contribution in [-0.2, 0) is 9.53 Å². The average Bonchev–Trinajstić information content (AvgIpc) is 2.35. The summed E-state index contributed by atoms with van der Waals surface area (Å²) in [7, 11) is 3.47. The zero-order chi connectivity index (χ0) is 12.8. The fourth-order valence-electron chi connectivity index (χ4n) is 2.46. The molecule has 1 saturated heterocycles. The van der Waals surface area contributed by atoms with Crippen LogP contribution in [0.2, 0.25) is 0 Å². The first-order valence-corrected chi connectivity index (χ1v) is 6.53. The van der Waals surface area contributed by atoms with Crippen LogP contribution in [0.5, 0.6) is 0 Å². The topological polar surface area (TPSA) is 41.6 Å². The van der Waals surface area contributed by atoms with Gasteiger partial charge in [0.15, 0.2) is 0 Å². The predicted octanol–water partition coefficient (Wildman–Crippen LogP) is 1.12. The van der Waals surface area contributed by atoms with Gasteiger partial charge in [-0.1, -0.05) is 13.8 Å². The minimum atomic E-state index is -0.113. The Balaban J connectivity index is 2.45. The van der Waals surface area contributed by atoms with E-state index in [2.05, 4.69) is 28.8 Å². The number of esters is 1. The lowest BCUT2D eigenvalue weighted by Crippen LogP contribution is -2.49. The third kappa shape index (κ3) is 4.64. The molecule has 0 aliphatic carbocycles. The van der Waals surface area contributed by atoms with Crippen LogP contribution >= 0.6 is 0 Å². The highest BCUT2D eigenvalue weighted by molar-refractivity contribution is 5.69. The van der Waals surface area contributed by atoms with E-state index >= 15 is 0 Å². The number of carbonyl (C=O) groups excluding carboxylic acids is 1. The lowest BCUT2D eigenvalue weighted by Gasteiger charge is -2.39. The SMILES string of the molecule is CNC1CC(C(C)C)CN(CCC(=O)OC)C1. The molecule has 1 aliphatic heterocycles. The van der Waals surface area contributed by atoms with Gasteiger partial charge in [0.25, 0.3) is 0 Å². The van der Waals surface area contributed by atoms with Crippen molar-refractivity contribution in [1.82, 2.24) is 10.2 Å². The van der Waals surface area contributed by atoms with Crippen LogP contribution in [0.1, 0.15) is 26.7 Å². The van der Waals surface area contributed by atoms with Gasteiger partial charge in [0, 0.05) is 25.7 Å². The number of methoxy groups -OCH3 is 1. The van der Waals surface area contributed by atoms with E-state index in [-0.39, 0.29) is 5.97 Å². The van der Waals surface area contributed by atoms with Gasteiger partial charge in [-0.05, 0) is 25.3 Å². The van der Waals surface area contributed by atoms with Crippen LogP contribution in [-0.4, -0.2) is 50.7 Å². The molecule has 0 amide bonds. The molecule has 1 heterocycles. The normalized spacial score (nSPS) is 26.2. The first-order valence-electron chi connectivity index (χ1n) is 6.53. The van der Waals surface area contributed by atoms with Crippen LogP contribution in [0.25, 0.3) is 0 Å². The maximum atomic E-state index is 11.2. The van der Waals surface area contributed by atoms with Gasteiger partial charge in [-0.3, -0.25) is 4.79 Å². The quantitative estimate of drug-likeness (QED) is 0.734. The van der Waals surface area contributed by atoms with Crippen LogP contribution < -0.4 is 5.32 Å². The molecular weight excluding hydrogens is 216 g/mol. The Bertz CT molecular complexity index is 244. The van der Waals surface area contributed by atoms with Gasteiger partial charge in [0.1, 0.15) is 0 Å². The first-order chi connectivity index (χ1) is 8.06. The summed E-state index contributed by atoms with van der Waals surface area (Å²) in [6.45, 7) is 7.51. The smallest absolute Gasteiger partial charge is 0.306 e. The number of carbonyl (C=O) groups is 1. The molecular formula is C13H26N2O2. The molecule has 1 rings (SSSR count). The Hall–Kier alpha value is -0.610. The van der Waals surface area contributed by atoms with E-state index in [4.69, 9.17) is 0 Å². The van der Waals surface area contributed by atoms with E-state index in [1.165, 1.54) is 13.5 Å². The van der Waals surface area contributed by atoms with Gasteiger partial charge in [0.2, 0.25) is 0 Å². The second-order valence-corrected chi connectivity index (χ2v) is 5.31. The Morgan fingerprint density at radius 1 is 1.47 bits per heavy atom. The van der Waals surface area contributed by atoms with Gasteiger partial charge in [-0.25, -0.2) is 0 Å². The largest absolute Gasteiger partial charge is 0.469 e. The van der Waals surface area contributed by atoms with Crippen LogP contribution in [0.3, 0.4) is 0 Å². The molecule has 2 unspecified atom stereocenters. The zero-order valence-corrected chi connectivity index (χ0v) is 11.5. The van der Waals surface area contributed by atoms with Crippen molar-refractivity contribution in [3.8, 4) is 0 Å². The Kier molecular flexibility index (Phi) is 5.92. The molecule has 1 N–H and O–H groups in total. The lowest BCUT2D eigenvalue weighted by molar-refractivity contribution is -0.141. The van der Waals surface area contributed by atoms with Gasteiger partial charge >= 0.3 is 5.97 Å². The number of piperidine rings is 1. The number of nitrogens with one attached hydrogen (secondary N) is 1. The molecule has 0 radical (unpaired) electrons. The van der Waals surface area contributed by atoms with E-state index in [0.717, 1.165) is 25.6 Å². The van der Waals surface area contributed by atoms with Crippen molar-refractivity contribution in [3.63, 3.8) is 0 Å². The standard InChI is InChI=1S/C13H26N2O2/c1-10(2)11-7-12(14-3)9-15(8-11)6-5-13(16)17-4/h10-12,14H,5-9H2,1-4H3. The lowest BCUT2D eigenvalue weighted by atomic mass is 9.85. The number of ether oxygens (including phenoxy) is 1. The number of nitrogens with zero attached hydrogens (tertiary/aromatic N) is 1. The molecule has 0 aromatic rings.